The van der Waals surface area contributed by atoms with E-state index < -0.39 is 15.8 Å². The number of nitrogens with one attached hydrogen (secondary N) is 1. The molecule has 1 aromatic heterocycles. The molecule has 1 aliphatic heterocycles. The van der Waals surface area contributed by atoms with Gasteiger partial charge < -0.3 is 0 Å². The summed E-state index contributed by atoms with van der Waals surface area (Å²) >= 11 is 1.61. The van der Waals surface area contributed by atoms with Gasteiger partial charge in [-0.1, -0.05) is 24.3 Å². The summed E-state index contributed by atoms with van der Waals surface area (Å²) in [5.74, 6) is -0.410. The van der Waals surface area contributed by atoms with Gasteiger partial charge in [-0.25, -0.2) is 17.5 Å². The zero-order chi connectivity index (χ0) is 20.4. The third-order valence-electron chi connectivity index (χ3n) is 5.44. The molecule has 29 heavy (non-hydrogen) atoms. The number of nitrogens with zero attached hydrogens (tertiary/aromatic N) is 1. The molecule has 4 rings (SSSR count). The number of sulfonamides is 1. The minimum Gasteiger partial charge on any atom is -0.290 e. The van der Waals surface area contributed by atoms with Gasteiger partial charge in [0.05, 0.1) is 4.90 Å². The molecule has 7 heteroatoms. The minimum atomic E-state index is -3.72. The molecular formula is C22H23FN2O2S2. The number of rotatable bonds is 6. The van der Waals surface area contributed by atoms with Crippen LogP contribution >= 0.6 is 11.3 Å². The Hall–Kier alpha value is -2.06. The summed E-state index contributed by atoms with van der Waals surface area (Å²) in [5, 5.41) is 4.08. The van der Waals surface area contributed by atoms with Crippen LogP contribution in [0.1, 0.15) is 28.3 Å². The van der Waals surface area contributed by atoms with E-state index in [9.17, 15) is 12.8 Å². The summed E-state index contributed by atoms with van der Waals surface area (Å²) in [6.45, 7) is 3.48. The number of fused-ring (bicyclic) bond motifs is 1. The number of benzene rings is 2. The Bertz CT molecular complexity index is 1100. The fourth-order valence-corrected chi connectivity index (χ4v) is 5.59. The molecule has 2 aromatic carbocycles. The molecule has 1 aliphatic rings. The summed E-state index contributed by atoms with van der Waals surface area (Å²) in [5.41, 5.74) is 4.06. The highest BCUT2D eigenvalue weighted by molar-refractivity contribution is 7.89. The van der Waals surface area contributed by atoms with Gasteiger partial charge in [0.15, 0.2) is 0 Å². The number of thiophene rings is 1. The molecule has 0 spiro atoms. The fourth-order valence-electron chi connectivity index (χ4n) is 3.76. The van der Waals surface area contributed by atoms with Gasteiger partial charge in [-0.2, -0.15) is 11.3 Å². The smallest absolute Gasteiger partial charge is 0.240 e. The van der Waals surface area contributed by atoms with E-state index in [0.717, 1.165) is 25.1 Å². The molecule has 4 nitrogen and oxygen atoms in total. The second-order valence-corrected chi connectivity index (χ2v) is 9.87. The Labute approximate surface area is 175 Å². The summed E-state index contributed by atoms with van der Waals surface area (Å²) in [6.07, 6.45) is 0.945. The zero-order valence-electron chi connectivity index (χ0n) is 16.1. The van der Waals surface area contributed by atoms with Crippen molar-refractivity contribution in [2.24, 2.45) is 0 Å². The van der Waals surface area contributed by atoms with Crippen molar-refractivity contribution in [3.8, 4) is 0 Å². The van der Waals surface area contributed by atoms with Gasteiger partial charge in [0.25, 0.3) is 0 Å². The Morgan fingerprint density at radius 2 is 1.97 bits per heavy atom. The molecule has 1 atom stereocenters. The molecule has 1 N–H and O–H groups in total. The predicted octanol–water partition coefficient (Wildman–Crippen LogP) is 4.27. The fraction of sp³-hybridized carbons (Fsp3) is 0.273. The molecule has 0 aliphatic carbocycles. The normalized spacial score (nSPS) is 15.8. The van der Waals surface area contributed by atoms with E-state index in [1.807, 2.05) is 17.5 Å². The first-order valence-corrected chi connectivity index (χ1v) is 12.0. The van der Waals surface area contributed by atoms with Gasteiger partial charge in [0.2, 0.25) is 10.0 Å². The summed E-state index contributed by atoms with van der Waals surface area (Å²) in [7, 11) is -3.72. The van der Waals surface area contributed by atoms with Crippen molar-refractivity contribution in [1.82, 2.24) is 9.62 Å². The third kappa shape index (κ3) is 4.43. The Balaban J connectivity index is 1.55. The number of aryl methyl sites for hydroxylation is 1. The van der Waals surface area contributed by atoms with E-state index in [4.69, 9.17) is 0 Å². The van der Waals surface area contributed by atoms with Crippen molar-refractivity contribution in [1.29, 1.82) is 0 Å². The predicted molar refractivity (Wildman–Crippen MR) is 114 cm³/mol. The van der Waals surface area contributed by atoms with Crippen LogP contribution in [0.5, 0.6) is 0 Å². The second-order valence-electron chi connectivity index (χ2n) is 7.32. The van der Waals surface area contributed by atoms with Gasteiger partial charge in [0.1, 0.15) is 5.82 Å². The largest absolute Gasteiger partial charge is 0.290 e. The highest BCUT2D eigenvalue weighted by atomic mass is 32.2. The van der Waals surface area contributed by atoms with E-state index in [-0.39, 0.29) is 17.5 Å². The van der Waals surface area contributed by atoms with Crippen LogP contribution in [-0.2, 0) is 23.0 Å². The van der Waals surface area contributed by atoms with Crippen LogP contribution in [0.2, 0.25) is 0 Å². The number of hydrogen-bond acceptors (Lipinski definition) is 4. The highest BCUT2D eigenvalue weighted by Gasteiger charge is 2.27. The van der Waals surface area contributed by atoms with Crippen molar-refractivity contribution in [2.75, 3.05) is 13.1 Å². The molecule has 152 valence electrons. The lowest BCUT2D eigenvalue weighted by Gasteiger charge is -2.35. The van der Waals surface area contributed by atoms with Crippen molar-refractivity contribution in [3.05, 3.63) is 87.4 Å². The average molecular weight is 431 g/mol. The summed E-state index contributed by atoms with van der Waals surface area (Å²) in [4.78, 5) is 2.41. The zero-order valence-corrected chi connectivity index (χ0v) is 17.8. The van der Waals surface area contributed by atoms with Crippen LogP contribution < -0.4 is 4.72 Å². The topological polar surface area (TPSA) is 49.4 Å². The van der Waals surface area contributed by atoms with E-state index in [0.29, 0.717) is 5.56 Å². The van der Waals surface area contributed by atoms with Crippen LogP contribution in [0.15, 0.2) is 64.2 Å². The Kier molecular flexibility index (Phi) is 5.83. The molecule has 0 saturated heterocycles. The maximum Gasteiger partial charge on any atom is 0.240 e. The first kappa shape index (κ1) is 20.2. The standard InChI is InChI=1S/C22H23FN2O2S2/c1-16-12-20(6-7-21(16)23)29(26,27)24-13-22(19-9-11-28-15-19)25-10-8-17-4-2-3-5-18(17)14-25/h2-7,9,11-12,15,22,24H,8,10,13-14H2,1H3/t22-/m1/s1. The van der Waals surface area contributed by atoms with E-state index in [1.54, 1.807) is 18.3 Å². The molecule has 3 aromatic rings. The van der Waals surface area contributed by atoms with Crippen molar-refractivity contribution >= 4 is 21.4 Å². The first-order chi connectivity index (χ1) is 13.9. The monoisotopic (exact) mass is 430 g/mol. The maximum atomic E-state index is 13.5. The molecule has 0 unspecified atom stereocenters. The van der Waals surface area contributed by atoms with Gasteiger partial charge >= 0.3 is 0 Å². The summed E-state index contributed by atoms with van der Waals surface area (Å²) in [6, 6.07) is 14.3. The van der Waals surface area contributed by atoms with E-state index in [1.165, 1.54) is 29.3 Å². The Morgan fingerprint density at radius 3 is 2.69 bits per heavy atom. The first-order valence-electron chi connectivity index (χ1n) is 9.53. The second kappa shape index (κ2) is 8.36. The highest BCUT2D eigenvalue weighted by Crippen LogP contribution is 2.29. The van der Waals surface area contributed by atoms with Crippen LogP contribution in [0.25, 0.3) is 0 Å². The van der Waals surface area contributed by atoms with Gasteiger partial charge in [-0.05, 0) is 70.6 Å². The quantitative estimate of drug-likeness (QED) is 0.635. The van der Waals surface area contributed by atoms with Gasteiger partial charge in [-0.3, -0.25) is 4.90 Å². The van der Waals surface area contributed by atoms with Crippen LogP contribution in [-0.4, -0.2) is 26.4 Å². The van der Waals surface area contributed by atoms with Crippen LogP contribution in [0.4, 0.5) is 4.39 Å². The molecule has 0 bridgehead atoms. The van der Waals surface area contributed by atoms with Crippen molar-refractivity contribution < 1.29 is 12.8 Å². The number of halogens is 1. The molecular weight excluding hydrogens is 407 g/mol. The third-order valence-corrected chi connectivity index (χ3v) is 7.56. The van der Waals surface area contributed by atoms with Gasteiger partial charge in [-0.15, -0.1) is 0 Å². The SMILES string of the molecule is Cc1cc(S(=O)(=O)NC[C@H](c2ccsc2)N2CCc3ccccc3C2)ccc1F. The molecule has 0 saturated carbocycles. The minimum absolute atomic E-state index is 0.0640. The van der Waals surface area contributed by atoms with Crippen molar-refractivity contribution in [2.45, 2.75) is 30.8 Å². The maximum absolute atomic E-state index is 13.5. The van der Waals surface area contributed by atoms with Gasteiger partial charge in [0, 0.05) is 25.7 Å². The summed E-state index contributed by atoms with van der Waals surface area (Å²) < 4.78 is 41.9. The van der Waals surface area contributed by atoms with Crippen LogP contribution in [0.3, 0.4) is 0 Å². The molecule has 2 heterocycles. The molecule has 0 amide bonds. The lowest BCUT2D eigenvalue weighted by molar-refractivity contribution is 0.181. The molecule has 0 radical (unpaired) electrons. The average Bonchev–Trinajstić information content (AvgIpc) is 3.24. The molecule has 0 fully saturated rings. The lowest BCUT2D eigenvalue weighted by atomic mass is 9.97. The van der Waals surface area contributed by atoms with E-state index in [2.05, 4.69) is 33.2 Å². The number of hydrogen-bond donors (Lipinski definition) is 1. The Morgan fingerprint density at radius 1 is 1.17 bits per heavy atom. The van der Waals surface area contributed by atoms with Crippen LogP contribution in [0, 0.1) is 12.7 Å². The lowest BCUT2D eigenvalue weighted by Crippen LogP contribution is -2.40. The van der Waals surface area contributed by atoms with E-state index >= 15 is 0 Å². The van der Waals surface area contributed by atoms with Crippen molar-refractivity contribution in [3.63, 3.8) is 0 Å².